The van der Waals surface area contributed by atoms with Crippen LogP contribution >= 0.6 is 47.2 Å². The van der Waals surface area contributed by atoms with Crippen LogP contribution in [0.5, 0.6) is 0 Å². The first kappa shape index (κ1) is 24.6. The van der Waals surface area contributed by atoms with Crippen LogP contribution in [0.2, 0.25) is 10.2 Å². The van der Waals surface area contributed by atoms with Crippen molar-refractivity contribution in [2.45, 2.75) is 19.9 Å². The van der Waals surface area contributed by atoms with Crippen LogP contribution < -0.4 is 16.0 Å². The lowest BCUT2D eigenvalue weighted by atomic mass is 10.1. The minimum atomic E-state index is -0.0837. The second-order valence-electron chi connectivity index (χ2n) is 5.98. The minimum absolute atomic E-state index is 0. The average Bonchev–Trinajstić information content (AvgIpc) is 2.92. The summed E-state index contributed by atoms with van der Waals surface area (Å²) in [5, 5.41) is 10.2. The van der Waals surface area contributed by atoms with E-state index in [0.717, 1.165) is 24.2 Å². The standard InChI is InChI=1S/C19H25Cl2N5O.HI/c1-4-23-19(25-12-15-11-16(20)17(21)26(15)3)24-9-8-13-6-5-7-14(10-13)18(27)22-2;/h5-7,10-11H,4,8-9,12H2,1-3H3,(H,22,27)(H2,23,24,25);1H. The number of amides is 1. The molecule has 9 heteroatoms. The Bertz CT molecular complexity index is 823. The van der Waals surface area contributed by atoms with Crippen molar-refractivity contribution in [2.75, 3.05) is 20.1 Å². The van der Waals surface area contributed by atoms with E-state index >= 15 is 0 Å². The molecule has 0 aliphatic heterocycles. The molecule has 1 aromatic carbocycles. The van der Waals surface area contributed by atoms with Crippen LogP contribution in [0.3, 0.4) is 0 Å². The summed E-state index contributed by atoms with van der Waals surface area (Å²) in [4.78, 5) is 16.3. The Morgan fingerprint density at radius 2 is 1.96 bits per heavy atom. The van der Waals surface area contributed by atoms with Gasteiger partial charge in [-0.25, -0.2) is 4.99 Å². The molecular formula is C19H26Cl2IN5O. The molecule has 154 valence electrons. The molecule has 0 aliphatic carbocycles. The summed E-state index contributed by atoms with van der Waals surface area (Å²) in [5.74, 6) is 0.632. The summed E-state index contributed by atoms with van der Waals surface area (Å²) >= 11 is 12.1. The third-order valence-electron chi connectivity index (χ3n) is 4.08. The molecule has 0 aliphatic rings. The molecule has 0 radical (unpaired) electrons. The van der Waals surface area contributed by atoms with Crippen LogP contribution in [0.25, 0.3) is 0 Å². The summed E-state index contributed by atoms with van der Waals surface area (Å²) < 4.78 is 1.82. The second-order valence-corrected chi connectivity index (χ2v) is 6.75. The Labute approximate surface area is 193 Å². The van der Waals surface area contributed by atoms with Gasteiger partial charge in [0.05, 0.1) is 11.6 Å². The molecular weight excluding hydrogens is 512 g/mol. The monoisotopic (exact) mass is 537 g/mol. The highest BCUT2D eigenvalue weighted by Gasteiger charge is 2.09. The van der Waals surface area contributed by atoms with E-state index in [2.05, 4.69) is 20.9 Å². The van der Waals surface area contributed by atoms with E-state index in [1.165, 1.54) is 0 Å². The van der Waals surface area contributed by atoms with Crippen molar-refractivity contribution in [3.63, 3.8) is 0 Å². The fourth-order valence-electron chi connectivity index (χ4n) is 2.58. The third-order valence-corrected chi connectivity index (χ3v) is 4.92. The van der Waals surface area contributed by atoms with Crippen molar-refractivity contribution in [2.24, 2.45) is 12.0 Å². The van der Waals surface area contributed by atoms with E-state index in [1.54, 1.807) is 13.1 Å². The van der Waals surface area contributed by atoms with Gasteiger partial charge in [-0.3, -0.25) is 4.79 Å². The van der Waals surface area contributed by atoms with Gasteiger partial charge in [-0.2, -0.15) is 0 Å². The molecule has 0 unspecified atom stereocenters. The Morgan fingerprint density at radius 3 is 2.57 bits per heavy atom. The maximum Gasteiger partial charge on any atom is 0.251 e. The van der Waals surface area contributed by atoms with Crippen LogP contribution in [-0.4, -0.2) is 36.6 Å². The van der Waals surface area contributed by atoms with E-state index in [-0.39, 0.29) is 29.9 Å². The zero-order valence-electron chi connectivity index (χ0n) is 16.2. The van der Waals surface area contributed by atoms with E-state index in [9.17, 15) is 4.79 Å². The lowest BCUT2D eigenvalue weighted by molar-refractivity contribution is 0.0963. The lowest BCUT2D eigenvalue weighted by Gasteiger charge is -2.12. The average molecular weight is 538 g/mol. The summed E-state index contributed by atoms with van der Waals surface area (Å²) in [6, 6.07) is 9.42. The van der Waals surface area contributed by atoms with E-state index in [4.69, 9.17) is 23.2 Å². The highest BCUT2D eigenvalue weighted by molar-refractivity contribution is 14.0. The smallest absolute Gasteiger partial charge is 0.251 e. The number of nitrogens with one attached hydrogen (secondary N) is 3. The molecule has 0 spiro atoms. The highest BCUT2D eigenvalue weighted by Crippen LogP contribution is 2.25. The van der Waals surface area contributed by atoms with Crippen LogP contribution in [0, 0.1) is 0 Å². The maximum absolute atomic E-state index is 11.7. The van der Waals surface area contributed by atoms with Gasteiger partial charge in [-0.15, -0.1) is 24.0 Å². The number of carbonyl (C=O) groups excluding carboxylic acids is 1. The number of guanidine groups is 1. The number of nitrogens with zero attached hydrogens (tertiary/aromatic N) is 2. The first-order valence-corrected chi connectivity index (χ1v) is 9.54. The molecule has 0 saturated carbocycles. The number of aromatic nitrogens is 1. The van der Waals surface area contributed by atoms with Crippen LogP contribution in [0.15, 0.2) is 35.3 Å². The normalized spacial score (nSPS) is 11.0. The number of halogens is 3. The van der Waals surface area contributed by atoms with Gasteiger partial charge in [0.2, 0.25) is 0 Å². The van der Waals surface area contributed by atoms with Crippen molar-refractivity contribution in [3.8, 4) is 0 Å². The van der Waals surface area contributed by atoms with Crippen molar-refractivity contribution >= 4 is 59.0 Å². The van der Waals surface area contributed by atoms with Crippen molar-refractivity contribution in [1.82, 2.24) is 20.5 Å². The van der Waals surface area contributed by atoms with Gasteiger partial charge in [-0.05, 0) is 37.1 Å². The molecule has 0 bridgehead atoms. The molecule has 2 rings (SSSR count). The second kappa shape index (κ2) is 12.2. The molecule has 3 N–H and O–H groups in total. The van der Waals surface area contributed by atoms with E-state index < -0.39 is 0 Å². The predicted molar refractivity (Wildman–Crippen MR) is 127 cm³/mol. The van der Waals surface area contributed by atoms with Gasteiger partial charge in [0.1, 0.15) is 5.15 Å². The molecule has 0 atom stereocenters. The molecule has 6 nitrogen and oxygen atoms in total. The Balaban J connectivity index is 0.00000392. The summed E-state index contributed by atoms with van der Waals surface area (Å²) in [5.41, 5.74) is 2.67. The Morgan fingerprint density at radius 1 is 1.21 bits per heavy atom. The fourth-order valence-corrected chi connectivity index (χ4v) is 3.00. The topological polar surface area (TPSA) is 70.5 Å². The molecule has 1 heterocycles. The van der Waals surface area contributed by atoms with Gasteiger partial charge >= 0.3 is 0 Å². The Hall–Kier alpha value is -1.45. The lowest BCUT2D eigenvalue weighted by Crippen LogP contribution is -2.38. The summed E-state index contributed by atoms with van der Waals surface area (Å²) in [6.07, 6.45) is 0.775. The highest BCUT2D eigenvalue weighted by atomic mass is 127. The fraction of sp³-hybridized carbons (Fsp3) is 0.368. The van der Waals surface area contributed by atoms with E-state index in [0.29, 0.717) is 34.8 Å². The largest absolute Gasteiger partial charge is 0.357 e. The van der Waals surface area contributed by atoms with Gasteiger partial charge in [0.25, 0.3) is 5.91 Å². The maximum atomic E-state index is 11.7. The SMILES string of the molecule is CCNC(=NCc1cc(Cl)c(Cl)n1C)NCCc1cccc(C(=O)NC)c1.I. The van der Waals surface area contributed by atoms with Gasteiger partial charge in [-0.1, -0.05) is 35.3 Å². The number of carbonyl (C=O) groups is 1. The third kappa shape index (κ3) is 6.86. The Kier molecular flexibility index (Phi) is 10.7. The molecule has 2 aromatic rings. The molecule has 1 amide bonds. The van der Waals surface area contributed by atoms with Crippen LogP contribution in [-0.2, 0) is 20.0 Å². The predicted octanol–water partition coefficient (Wildman–Crippen LogP) is 3.61. The van der Waals surface area contributed by atoms with Gasteiger partial charge in [0.15, 0.2) is 5.96 Å². The molecule has 0 saturated heterocycles. The van der Waals surface area contributed by atoms with E-state index in [1.807, 2.05) is 42.8 Å². The summed E-state index contributed by atoms with van der Waals surface area (Å²) in [6.45, 7) is 3.93. The number of aliphatic imine (C=N–C) groups is 1. The van der Waals surface area contributed by atoms with Crippen molar-refractivity contribution < 1.29 is 4.79 Å². The molecule has 0 fully saturated rings. The zero-order chi connectivity index (χ0) is 19.8. The van der Waals surface area contributed by atoms with Crippen molar-refractivity contribution in [1.29, 1.82) is 0 Å². The molecule has 1 aromatic heterocycles. The van der Waals surface area contributed by atoms with Crippen LogP contribution in [0.1, 0.15) is 28.5 Å². The molecule has 28 heavy (non-hydrogen) atoms. The number of hydrogen-bond donors (Lipinski definition) is 3. The number of benzene rings is 1. The number of hydrogen-bond acceptors (Lipinski definition) is 2. The first-order chi connectivity index (χ1) is 13.0. The quantitative estimate of drug-likeness (QED) is 0.287. The number of rotatable bonds is 7. The van der Waals surface area contributed by atoms with Gasteiger partial charge in [0, 0.05) is 38.4 Å². The van der Waals surface area contributed by atoms with Crippen LogP contribution in [0.4, 0.5) is 0 Å². The first-order valence-electron chi connectivity index (χ1n) is 8.79. The van der Waals surface area contributed by atoms with Crippen molar-refractivity contribution in [3.05, 3.63) is 57.3 Å². The minimum Gasteiger partial charge on any atom is -0.357 e. The van der Waals surface area contributed by atoms with Gasteiger partial charge < -0.3 is 20.5 Å². The summed E-state index contributed by atoms with van der Waals surface area (Å²) in [7, 11) is 3.49. The zero-order valence-corrected chi connectivity index (χ0v) is 20.0.